The van der Waals surface area contributed by atoms with Crippen molar-refractivity contribution in [2.45, 2.75) is 6.42 Å². The third kappa shape index (κ3) is 3.49. The molecule has 0 aliphatic heterocycles. The van der Waals surface area contributed by atoms with E-state index >= 15 is 0 Å². The summed E-state index contributed by atoms with van der Waals surface area (Å²) in [6.45, 7) is 0.465. The van der Waals surface area contributed by atoms with Crippen LogP contribution < -0.4 is 15.2 Å². The number of nitrogens with two attached hydrogens (primary N) is 1. The Morgan fingerprint density at radius 3 is 2.41 bits per heavy atom. The molecule has 1 unspecified atom stereocenters. The molecule has 4 nitrogen and oxygen atoms in total. The zero-order chi connectivity index (χ0) is 12.8. The van der Waals surface area contributed by atoms with Crippen LogP contribution in [0.4, 0.5) is 0 Å². The Labute approximate surface area is 106 Å². The second-order valence-corrected chi connectivity index (χ2v) is 4.19. The predicted molar refractivity (Wildman–Crippen MR) is 67.9 cm³/mol. The van der Waals surface area contributed by atoms with Crippen molar-refractivity contribution < 1.29 is 14.6 Å². The van der Waals surface area contributed by atoms with Crippen LogP contribution in [0.2, 0.25) is 5.02 Å². The molecule has 0 aromatic heterocycles. The SMILES string of the molecule is COc1cc(OC)c(CC(CN)CO)cc1Cl. The molecule has 0 aliphatic carbocycles. The summed E-state index contributed by atoms with van der Waals surface area (Å²) in [5, 5.41) is 9.67. The molecule has 96 valence electrons. The number of halogens is 1. The Bertz CT molecular complexity index is 367. The van der Waals surface area contributed by atoms with Crippen LogP contribution in [0.5, 0.6) is 11.5 Å². The molecular formula is C12H18ClNO3. The number of benzene rings is 1. The lowest BCUT2D eigenvalue weighted by Gasteiger charge is -2.16. The molecule has 0 amide bonds. The van der Waals surface area contributed by atoms with E-state index in [2.05, 4.69) is 0 Å². The molecule has 0 radical (unpaired) electrons. The van der Waals surface area contributed by atoms with Gasteiger partial charge in [0.25, 0.3) is 0 Å². The molecule has 1 rings (SSSR count). The van der Waals surface area contributed by atoms with Gasteiger partial charge < -0.3 is 20.3 Å². The van der Waals surface area contributed by atoms with Crippen molar-refractivity contribution in [1.29, 1.82) is 0 Å². The highest BCUT2D eigenvalue weighted by atomic mass is 35.5. The monoisotopic (exact) mass is 259 g/mol. The number of methoxy groups -OCH3 is 2. The van der Waals surface area contributed by atoms with Gasteiger partial charge in [0.1, 0.15) is 11.5 Å². The molecule has 0 bridgehead atoms. The third-order valence-corrected chi connectivity index (χ3v) is 2.95. The number of aliphatic hydroxyl groups is 1. The lowest BCUT2D eigenvalue weighted by atomic mass is 9.99. The predicted octanol–water partition coefficient (Wildman–Crippen LogP) is 1.47. The summed E-state index contributed by atoms with van der Waals surface area (Å²) in [7, 11) is 3.14. The van der Waals surface area contributed by atoms with Gasteiger partial charge >= 0.3 is 0 Å². The first-order valence-corrected chi connectivity index (χ1v) is 5.75. The smallest absolute Gasteiger partial charge is 0.141 e. The maximum atomic E-state index is 9.14. The van der Waals surface area contributed by atoms with E-state index in [1.807, 2.05) is 0 Å². The molecule has 3 N–H and O–H groups in total. The fraction of sp³-hybridized carbons (Fsp3) is 0.500. The minimum atomic E-state index is 0.00774. The first-order chi connectivity index (χ1) is 8.15. The van der Waals surface area contributed by atoms with Crippen LogP contribution in [0.1, 0.15) is 5.56 Å². The zero-order valence-electron chi connectivity index (χ0n) is 10.1. The molecular weight excluding hydrogens is 242 g/mol. The second-order valence-electron chi connectivity index (χ2n) is 3.79. The molecule has 1 atom stereocenters. The molecule has 1 aromatic rings. The Morgan fingerprint density at radius 1 is 1.29 bits per heavy atom. The van der Waals surface area contributed by atoms with Crippen LogP contribution in [0.15, 0.2) is 12.1 Å². The number of aliphatic hydroxyl groups excluding tert-OH is 1. The zero-order valence-corrected chi connectivity index (χ0v) is 10.8. The minimum absolute atomic E-state index is 0.00774. The normalized spacial score (nSPS) is 12.3. The van der Waals surface area contributed by atoms with Crippen molar-refractivity contribution in [3.63, 3.8) is 0 Å². The van der Waals surface area contributed by atoms with Crippen molar-refractivity contribution in [2.75, 3.05) is 27.4 Å². The minimum Gasteiger partial charge on any atom is -0.496 e. The topological polar surface area (TPSA) is 64.7 Å². The highest BCUT2D eigenvalue weighted by molar-refractivity contribution is 6.32. The number of rotatable bonds is 6. The number of hydrogen-bond donors (Lipinski definition) is 2. The number of hydrogen-bond acceptors (Lipinski definition) is 4. The van der Waals surface area contributed by atoms with E-state index in [9.17, 15) is 0 Å². The lowest BCUT2D eigenvalue weighted by Crippen LogP contribution is -2.20. The Hall–Kier alpha value is -0.970. The maximum Gasteiger partial charge on any atom is 0.141 e. The van der Waals surface area contributed by atoms with E-state index < -0.39 is 0 Å². The summed E-state index contributed by atoms with van der Waals surface area (Å²) in [6.07, 6.45) is 0.625. The van der Waals surface area contributed by atoms with Gasteiger partial charge in [-0.05, 0) is 30.5 Å². The molecule has 0 saturated heterocycles. The average Bonchev–Trinajstić information content (AvgIpc) is 2.36. The quantitative estimate of drug-likeness (QED) is 0.812. The van der Waals surface area contributed by atoms with E-state index in [1.54, 1.807) is 26.4 Å². The summed E-state index contributed by atoms with van der Waals surface area (Å²) in [6, 6.07) is 3.53. The van der Waals surface area contributed by atoms with Crippen LogP contribution in [0.3, 0.4) is 0 Å². The highest BCUT2D eigenvalue weighted by Crippen LogP contribution is 2.33. The van der Waals surface area contributed by atoms with Crippen LogP contribution in [0.25, 0.3) is 0 Å². The average molecular weight is 260 g/mol. The second kappa shape index (κ2) is 6.69. The van der Waals surface area contributed by atoms with Crippen LogP contribution >= 0.6 is 11.6 Å². The first-order valence-electron chi connectivity index (χ1n) is 5.37. The van der Waals surface area contributed by atoms with Crippen molar-refractivity contribution in [3.05, 3.63) is 22.7 Å². The summed E-state index contributed by atoms with van der Waals surface area (Å²) in [5.74, 6) is 1.27. The Kier molecular flexibility index (Phi) is 5.55. The largest absolute Gasteiger partial charge is 0.496 e. The van der Waals surface area contributed by atoms with Crippen molar-refractivity contribution in [2.24, 2.45) is 11.7 Å². The molecule has 0 fully saturated rings. The van der Waals surface area contributed by atoms with E-state index in [4.69, 9.17) is 31.9 Å². The van der Waals surface area contributed by atoms with Gasteiger partial charge in [-0.25, -0.2) is 0 Å². The van der Waals surface area contributed by atoms with E-state index in [0.717, 1.165) is 5.56 Å². The maximum absolute atomic E-state index is 9.14. The fourth-order valence-corrected chi connectivity index (χ4v) is 1.88. The Balaban J connectivity index is 3.01. The van der Waals surface area contributed by atoms with Gasteiger partial charge in [0, 0.05) is 12.7 Å². The van der Waals surface area contributed by atoms with Gasteiger partial charge in [-0.15, -0.1) is 0 Å². The van der Waals surface area contributed by atoms with Crippen LogP contribution in [-0.4, -0.2) is 32.5 Å². The fourth-order valence-electron chi connectivity index (χ4n) is 1.62. The first kappa shape index (κ1) is 14.1. The van der Waals surface area contributed by atoms with Gasteiger partial charge in [0.05, 0.1) is 19.2 Å². The van der Waals surface area contributed by atoms with Gasteiger partial charge in [-0.1, -0.05) is 11.6 Å². The lowest BCUT2D eigenvalue weighted by molar-refractivity contribution is 0.229. The summed E-state index contributed by atoms with van der Waals surface area (Å²) >= 11 is 6.05. The Morgan fingerprint density at radius 2 is 1.94 bits per heavy atom. The van der Waals surface area contributed by atoms with Crippen LogP contribution in [-0.2, 0) is 6.42 Å². The standard InChI is InChI=1S/C12H18ClNO3/c1-16-11-5-12(17-2)10(13)4-9(11)3-8(6-14)7-15/h4-5,8,15H,3,6-7,14H2,1-2H3. The van der Waals surface area contributed by atoms with Gasteiger partial charge in [0.2, 0.25) is 0 Å². The van der Waals surface area contributed by atoms with Gasteiger partial charge in [0.15, 0.2) is 0 Å². The summed E-state index contributed by atoms with van der Waals surface area (Å²) in [4.78, 5) is 0. The van der Waals surface area contributed by atoms with E-state index in [-0.39, 0.29) is 12.5 Å². The van der Waals surface area contributed by atoms with Gasteiger partial charge in [-0.2, -0.15) is 0 Å². The molecule has 0 spiro atoms. The highest BCUT2D eigenvalue weighted by Gasteiger charge is 2.14. The molecule has 1 aromatic carbocycles. The van der Waals surface area contributed by atoms with Crippen molar-refractivity contribution in [3.8, 4) is 11.5 Å². The molecule has 0 heterocycles. The molecule has 0 aliphatic rings. The van der Waals surface area contributed by atoms with E-state index in [1.165, 1.54) is 0 Å². The van der Waals surface area contributed by atoms with Gasteiger partial charge in [-0.3, -0.25) is 0 Å². The van der Waals surface area contributed by atoms with Crippen molar-refractivity contribution >= 4 is 11.6 Å². The third-order valence-electron chi connectivity index (χ3n) is 2.65. The van der Waals surface area contributed by atoms with Crippen molar-refractivity contribution in [1.82, 2.24) is 0 Å². The molecule has 17 heavy (non-hydrogen) atoms. The van der Waals surface area contributed by atoms with E-state index in [0.29, 0.717) is 29.5 Å². The summed E-state index contributed by atoms with van der Waals surface area (Å²) < 4.78 is 10.4. The molecule has 5 heteroatoms. The molecule has 0 saturated carbocycles. The summed E-state index contributed by atoms with van der Waals surface area (Å²) in [5.41, 5.74) is 6.48. The van der Waals surface area contributed by atoms with Crippen LogP contribution in [0, 0.1) is 5.92 Å². The number of ether oxygens (including phenoxy) is 2.